The fourth-order valence-electron chi connectivity index (χ4n) is 1.81. The lowest BCUT2D eigenvalue weighted by atomic mass is 10.3. The predicted molar refractivity (Wildman–Crippen MR) is 85.9 cm³/mol. The zero-order valence-electron chi connectivity index (χ0n) is 11.7. The van der Waals surface area contributed by atoms with Gasteiger partial charge in [0.2, 0.25) is 5.95 Å². The highest BCUT2D eigenvalue weighted by molar-refractivity contribution is 6.29. The van der Waals surface area contributed by atoms with Crippen molar-refractivity contribution >= 4 is 34.7 Å². The zero-order chi connectivity index (χ0) is 16.2. The van der Waals surface area contributed by atoms with E-state index >= 15 is 0 Å². The number of hydrogen-bond donors (Lipinski definition) is 3. The molecule has 2 heterocycles. The maximum absolute atomic E-state index is 13.8. The Kier molecular flexibility index (Phi) is 4.20. The van der Waals surface area contributed by atoms with E-state index in [1.165, 1.54) is 18.3 Å². The Labute approximate surface area is 136 Å². The molecule has 0 aliphatic rings. The lowest BCUT2D eigenvalue weighted by Gasteiger charge is -2.09. The van der Waals surface area contributed by atoms with Crippen LogP contribution in [0.2, 0.25) is 5.15 Å². The number of hydrogen-bond acceptors (Lipinski definition) is 6. The molecule has 0 saturated heterocycles. The number of rotatable bonds is 4. The maximum atomic E-state index is 13.8. The smallest absolute Gasteiger partial charge is 0.229 e. The van der Waals surface area contributed by atoms with Crippen LogP contribution in [-0.2, 0) is 0 Å². The Bertz CT molecular complexity index is 828. The van der Waals surface area contributed by atoms with E-state index in [4.69, 9.17) is 11.6 Å². The van der Waals surface area contributed by atoms with Crippen molar-refractivity contribution in [2.45, 2.75) is 0 Å². The standard InChI is InChI=1S/C15H11ClFN5O/c16-13-5-4-10(7-18-13)20-14-12(17)8-19-15(22-14)21-9-2-1-3-11(23)6-9/h1-8,23H,(H2,19,20,21,22). The van der Waals surface area contributed by atoms with Crippen LogP contribution >= 0.6 is 11.6 Å². The van der Waals surface area contributed by atoms with Gasteiger partial charge in [-0.15, -0.1) is 0 Å². The second kappa shape index (κ2) is 6.45. The highest BCUT2D eigenvalue weighted by atomic mass is 35.5. The Morgan fingerprint density at radius 2 is 1.87 bits per heavy atom. The van der Waals surface area contributed by atoms with E-state index < -0.39 is 5.82 Å². The number of aromatic nitrogens is 3. The van der Waals surface area contributed by atoms with E-state index in [0.29, 0.717) is 16.5 Å². The monoisotopic (exact) mass is 331 g/mol. The van der Waals surface area contributed by atoms with E-state index in [1.54, 1.807) is 24.3 Å². The number of nitrogens with one attached hydrogen (secondary N) is 2. The van der Waals surface area contributed by atoms with Gasteiger partial charge in [-0.25, -0.2) is 14.4 Å². The Balaban J connectivity index is 1.82. The minimum Gasteiger partial charge on any atom is -0.508 e. The molecule has 116 valence electrons. The van der Waals surface area contributed by atoms with Crippen molar-refractivity contribution in [1.29, 1.82) is 0 Å². The first-order valence-electron chi connectivity index (χ1n) is 6.57. The van der Waals surface area contributed by atoms with E-state index in [9.17, 15) is 9.50 Å². The molecule has 0 saturated carbocycles. The summed E-state index contributed by atoms with van der Waals surface area (Å²) in [7, 11) is 0. The molecule has 0 atom stereocenters. The summed E-state index contributed by atoms with van der Waals surface area (Å²) >= 11 is 5.71. The molecular weight excluding hydrogens is 321 g/mol. The van der Waals surface area contributed by atoms with Crippen LogP contribution in [0.5, 0.6) is 5.75 Å². The molecule has 8 heteroatoms. The van der Waals surface area contributed by atoms with Crippen LogP contribution < -0.4 is 10.6 Å². The van der Waals surface area contributed by atoms with Crippen molar-refractivity contribution < 1.29 is 9.50 Å². The van der Waals surface area contributed by atoms with Crippen LogP contribution in [0.3, 0.4) is 0 Å². The summed E-state index contributed by atoms with van der Waals surface area (Å²) in [4.78, 5) is 11.8. The Morgan fingerprint density at radius 1 is 1.00 bits per heavy atom. The molecule has 3 rings (SSSR count). The number of phenolic OH excluding ortho intramolecular Hbond substituents is 1. The van der Waals surface area contributed by atoms with Crippen LogP contribution in [0.15, 0.2) is 48.8 Å². The number of aromatic hydroxyl groups is 1. The molecule has 0 aliphatic carbocycles. The third-order valence-corrected chi connectivity index (χ3v) is 3.06. The molecule has 6 nitrogen and oxygen atoms in total. The minimum absolute atomic E-state index is 0.00762. The highest BCUT2D eigenvalue weighted by Gasteiger charge is 2.08. The molecule has 0 spiro atoms. The first-order valence-corrected chi connectivity index (χ1v) is 6.95. The lowest BCUT2D eigenvalue weighted by Crippen LogP contribution is -2.03. The summed E-state index contributed by atoms with van der Waals surface area (Å²) in [6, 6.07) is 9.66. The van der Waals surface area contributed by atoms with Gasteiger partial charge in [-0.05, 0) is 24.3 Å². The maximum Gasteiger partial charge on any atom is 0.229 e. The molecule has 1 aromatic carbocycles. The summed E-state index contributed by atoms with van der Waals surface area (Å²) in [6.45, 7) is 0. The van der Waals surface area contributed by atoms with Gasteiger partial charge in [-0.1, -0.05) is 17.7 Å². The summed E-state index contributed by atoms with van der Waals surface area (Å²) in [5.41, 5.74) is 1.12. The van der Waals surface area contributed by atoms with Crippen molar-refractivity contribution in [2.24, 2.45) is 0 Å². The van der Waals surface area contributed by atoms with Gasteiger partial charge < -0.3 is 15.7 Å². The molecule has 0 fully saturated rings. The Hall–Kier alpha value is -2.93. The van der Waals surface area contributed by atoms with Crippen LogP contribution in [-0.4, -0.2) is 20.1 Å². The van der Waals surface area contributed by atoms with E-state index in [-0.39, 0.29) is 17.5 Å². The van der Waals surface area contributed by atoms with Crippen molar-refractivity contribution in [1.82, 2.24) is 15.0 Å². The van der Waals surface area contributed by atoms with Gasteiger partial charge in [0, 0.05) is 11.8 Å². The van der Waals surface area contributed by atoms with Gasteiger partial charge in [0.1, 0.15) is 10.9 Å². The fourth-order valence-corrected chi connectivity index (χ4v) is 1.93. The van der Waals surface area contributed by atoms with Gasteiger partial charge >= 0.3 is 0 Å². The van der Waals surface area contributed by atoms with E-state index in [2.05, 4.69) is 25.6 Å². The van der Waals surface area contributed by atoms with E-state index in [1.807, 2.05) is 0 Å². The number of phenols is 1. The summed E-state index contributed by atoms with van der Waals surface area (Å²) < 4.78 is 13.8. The number of nitrogens with zero attached hydrogens (tertiary/aromatic N) is 3. The normalized spacial score (nSPS) is 10.3. The average molecular weight is 332 g/mol. The van der Waals surface area contributed by atoms with E-state index in [0.717, 1.165) is 6.20 Å². The first kappa shape index (κ1) is 15.0. The second-order valence-electron chi connectivity index (χ2n) is 4.56. The third kappa shape index (κ3) is 3.83. The van der Waals surface area contributed by atoms with Crippen molar-refractivity contribution in [3.63, 3.8) is 0 Å². The third-order valence-electron chi connectivity index (χ3n) is 2.84. The van der Waals surface area contributed by atoms with Gasteiger partial charge in [-0.3, -0.25) is 0 Å². The molecule has 0 aliphatic heterocycles. The Morgan fingerprint density at radius 3 is 2.61 bits per heavy atom. The molecule has 0 amide bonds. The van der Waals surface area contributed by atoms with Crippen LogP contribution in [0.4, 0.5) is 27.5 Å². The van der Waals surface area contributed by atoms with Crippen LogP contribution in [0.1, 0.15) is 0 Å². The first-order chi connectivity index (χ1) is 11.1. The SMILES string of the molecule is Oc1cccc(Nc2ncc(F)c(Nc3ccc(Cl)nc3)n2)c1. The van der Waals surface area contributed by atoms with Gasteiger partial charge in [0.15, 0.2) is 11.6 Å². The molecule has 0 bridgehead atoms. The molecular formula is C15H11ClFN5O. The molecule has 0 radical (unpaired) electrons. The topological polar surface area (TPSA) is 83.0 Å². The average Bonchev–Trinajstić information content (AvgIpc) is 2.53. The molecule has 2 aromatic heterocycles. The summed E-state index contributed by atoms with van der Waals surface area (Å²) in [5, 5.41) is 15.5. The van der Waals surface area contributed by atoms with Gasteiger partial charge in [0.25, 0.3) is 0 Å². The zero-order valence-corrected chi connectivity index (χ0v) is 12.4. The van der Waals surface area contributed by atoms with Crippen molar-refractivity contribution in [3.05, 3.63) is 59.8 Å². The largest absolute Gasteiger partial charge is 0.508 e. The quantitative estimate of drug-likeness (QED) is 0.630. The second-order valence-corrected chi connectivity index (χ2v) is 4.95. The molecule has 3 N–H and O–H groups in total. The fraction of sp³-hybridized carbons (Fsp3) is 0. The molecule has 3 aromatic rings. The summed E-state index contributed by atoms with van der Waals surface area (Å²) in [5.74, 6) is -0.336. The number of benzene rings is 1. The summed E-state index contributed by atoms with van der Waals surface area (Å²) in [6.07, 6.45) is 2.51. The van der Waals surface area contributed by atoms with Crippen molar-refractivity contribution in [2.75, 3.05) is 10.6 Å². The predicted octanol–water partition coefficient (Wildman–Crippen LogP) is 3.86. The van der Waals surface area contributed by atoms with Gasteiger partial charge in [-0.2, -0.15) is 4.98 Å². The minimum atomic E-state index is -0.610. The van der Waals surface area contributed by atoms with Crippen LogP contribution in [0.25, 0.3) is 0 Å². The molecule has 23 heavy (non-hydrogen) atoms. The highest BCUT2D eigenvalue weighted by Crippen LogP contribution is 2.22. The van der Waals surface area contributed by atoms with Crippen LogP contribution in [0, 0.1) is 5.82 Å². The van der Waals surface area contributed by atoms with Crippen molar-refractivity contribution in [3.8, 4) is 5.75 Å². The lowest BCUT2D eigenvalue weighted by molar-refractivity contribution is 0.475. The number of pyridine rings is 1. The van der Waals surface area contributed by atoms with Gasteiger partial charge in [0.05, 0.1) is 18.1 Å². The number of anilines is 4. The molecule has 0 unspecified atom stereocenters. The number of halogens is 2.